The van der Waals surface area contributed by atoms with Crippen molar-refractivity contribution in [3.63, 3.8) is 0 Å². The van der Waals surface area contributed by atoms with Gasteiger partial charge in [-0.3, -0.25) is 14.8 Å². The molecule has 0 spiro atoms. The Morgan fingerprint density at radius 2 is 2.03 bits per heavy atom. The first-order valence-electron chi connectivity index (χ1n) is 10.5. The number of morpholine rings is 1. The van der Waals surface area contributed by atoms with Crippen LogP contribution in [0, 0.1) is 6.92 Å². The Bertz CT molecular complexity index is 1030. The summed E-state index contributed by atoms with van der Waals surface area (Å²) in [5.74, 6) is 1.87. The van der Waals surface area contributed by atoms with Crippen molar-refractivity contribution in [2.75, 3.05) is 32.8 Å². The summed E-state index contributed by atoms with van der Waals surface area (Å²) in [5, 5.41) is 14.4. The number of hydrogen-bond donors (Lipinski definition) is 1. The third kappa shape index (κ3) is 3.92. The molecule has 1 N–H and O–H groups in total. The normalized spacial score (nSPS) is 19.3. The molecule has 158 valence electrons. The third-order valence-corrected chi connectivity index (χ3v) is 7.42. The van der Waals surface area contributed by atoms with Crippen LogP contribution in [0.2, 0.25) is 5.02 Å². The second kappa shape index (κ2) is 8.77. The zero-order valence-corrected chi connectivity index (χ0v) is 18.7. The molecule has 2 aliphatic heterocycles. The van der Waals surface area contributed by atoms with E-state index in [0.29, 0.717) is 6.54 Å². The van der Waals surface area contributed by atoms with Crippen molar-refractivity contribution in [2.45, 2.75) is 32.4 Å². The van der Waals surface area contributed by atoms with E-state index in [1.54, 1.807) is 0 Å². The van der Waals surface area contributed by atoms with Crippen molar-refractivity contribution in [3.8, 4) is 5.00 Å². The molecule has 6 nitrogen and oxygen atoms in total. The highest BCUT2D eigenvalue weighted by Gasteiger charge is 2.29. The molecule has 1 atom stereocenters. The number of benzene rings is 1. The topological polar surface area (TPSA) is 55.2 Å². The van der Waals surface area contributed by atoms with Gasteiger partial charge in [0.1, 0.15) is 10.8 Å². The van der Waals surface area contributed by atoms with Crippen molar-refractivity contribution < 1.29 is 4.74 Å². The van der Waals surface area contributed by atoms with Crippen LogP contribution >= 0.6 is 22.9 Å². The van der Waals surface area contributed by atoms with Crippen molar-refractivity contribution in [1.29, 1.82) is 0 Å². The molecule has 5 rings (SSSR count). The summed E-state index contributed by atoms with van der Waals surface area (Å²) in [5.41, 5.74) is 2.37. The van der Waals surface area contributed by atoms with Gasteiger partial charge < -0.3 is 4.74 Å². The summed E-state index contributed by atoms with van der Waals surface area (Å²) >= 11 is 8.44. The molecule has 0 aliphatic carbocycles. The molecule has 1 saturated heterocycles. The molecular weight excluding hydrogens is 418 g/mol. The number of aromatic nitrogens is 3. The van der Waals surface area contributed by atoms with E-state index < -0.39 is 0 Å². The van der Waals surface area contributed by atoms with Gasteiger partial charge in [0.2, 0.25) is 0 Å². The SMILES string of the molecule is Cc1nnc2n1-c1sc(CCCN3CCOCC3)cc1C(c1ccccc1Cl)NC2. The van der Waals surface area contributed by atoms with E-state index in [0.717, 1.165) is 67.9 Å². The number of nitrogens with one attached hydrogen (secondary N) is 1. The average Bonchev–Trinajstić information content (AvgIpc) is 3.29. The zero-order chi connectivity index (χ0) is 20.5. The van der Waals surface area contributed by atoms with Gasteiger partial charge in [-0.2, -0.15) is 0 Å². The van der Waals surface area contributed by atoms with Gasteiger partial charge in [0.15, 0.2) is 5.82 Å². The lowest BCUT2D eigenvalue weighted by Crippen LogP contribution is -2.36. The Balaban J connectivity index is 1.45. The molecule has 30 heavy (non-hydrogen) atoms. The van der Waals surface area contributed by atoms with E-state index in [1.165, 1.54) is 15.4 Å². The maximum atomic E-state index is 6.58. The van der Waals surface area contributed by atoms with Crippen molar-refractivity contribution >= 4 is 22.9 Å². The van der Waals surface area contributed by atoms with E-state index in [4.69, 9.17) is 16.3 Å². The number of fused-ring (bicyclic) bond motifs is 3. The maximum absolute atomic E-state index is 6.58. The van der Waals surface area contributed by atoms with Crippen LogP contribution < -0.4 is 5.32 Å². The van der Waals surface area contributed by atoms with Gasteiger partial charge in [0, 0.05) is 28.6 Å². The van der Waals surface area contributed by atoms with E-state index >= 15 is 0 Å². The van der Waals surface area contributed by atoms with Crippen LogP contribution in [0.1, 0.15) is 40.1 Å². The molecule has 1 fully saturated rings. The van der Waals surface area contributed by atoms with Gasteiger partial charge in [-0.15, -0.1) is 21.5 Å². The minimum absolute atomic E-state index is 0.0408. The highest BCUT2D eigenvalue weighted by atomic mass is 35.5. The minimum Gasteiger partial charge on any atom is -0.379 e. The summed E-state index contributed by atoms with van der Waals surface area (Å²) in [6, 6.07) is 10.5. The number of ether oxygens (including phenoxy) is 1. The largest absolute Gasteiger partial charge is 0.379 e. The summed E-state index contributed by atoms with van der Waals surface area (Å²) in [7, 11) is 0. The van der Waals surface area contributed by atoms with Crippen LogP contribution in [0.5, 0.6) is 0 Å². The maximum Gasteiger partial charge on any atom is 0.152 e. The third-order valence-electron chi connectivity index (χ3n) is 5.88. The van der Waals surface area contributed by atoms with E-state index in [9.17, 15) is 0 Å². The van der Waals surface area contributed by atoms with Gasteiger partial charge in [-0.05, 0) is 44.0 Å². The summed E-state index contributed by atoms with van der Waals surface area (Å²) in [4.78, 5) is 3.89. The number of hydrogen-bond acceptors (Lipinski definition) is 6. The van der Waals surface area contributed by atoms with E-state index in [1.807, 2.05) is 30.4 Å². The number of thiophene rings is 1. The second-order valence-electron chi connectivity index (χ2n) is 7.87. The summed E-state index contributed by atoms with van der Waals surface area (Å²) < 4.78 is 7.66. The first-order chi connectivity index (χ1) is 14.7. The molecule has 2 aliphatic rings. The molecular formula is C22H26ClN5OS. The molecule has 1 aromatic carbocycles. The Kier molecular flexibility index (Phi) is 5.89. The monoisotopic (exact) mass is 443 g/mol. The van der Waals surface area contributed by atoms with E-state index in [-0.39, 0.29) is 6.04 Å². The lowest BCUT2D eigenvalue weighted by atomic mass is 10.00. The molecule has 0 saturated carbocycles. The molecule has 4 heterocycles. The summed E-state index contributed by atoms with van der Waals surface area (Å²) in [6.45, 7) is 7.60. The number of nitrogens with zero attached hydrogens (tertiary/aromatic N) is 4. The van der Waals surface area contributed by atoms with Gasteiger partial charge in [0.05, 0.1) is 25.8 Å². The second-order valence-corrected chi connectivity index (χ2v) is 9.39. The van der Waals surface area contributed by atoms with Crippen LogP contribution in [0.4, 0.5) is 0 Å². The molecule has 2 aromatic heterocycles. The lowest BCUT2D eigenvalue weighted by molar-refractivity contribution is 0.0375. The highest BCUT2D eigenvalue weighted by Crippen LogP contribution is 2.39. The Morgan fingerprint density at radius 3 is 2.87 bits per heavy atom. The Labute approximate surface area is 185 Å². The Morgan fingerprint density at radius 1 is 1.20 bits per heavy atom. The molecule has 8 heteroatoms. The molecule has 0 bridgehead atoms. The quantitative estimate of drug-likeness (QED) is 0.650. The van der Waals surface area contributed by atoms with Gasteiger partial charge in [0.25, 0.3) is 0 Å². The smallest absolute Gasteiger partial charge is 0.152 e. The fraction of sp³-hybridized carbons (Fsp3) is 0.455. The van der Waals surface area contributed by atoms with Crippen molar-refractivity contribution in [1.82, 2.24) is 25.0 Å². The minimum atomic E-state index is 0.0408. The number of aryl methyl sites for hydroxylation is 2. The molecule has 0 radical (unpaired) electrons. The van der Waals surface area contributed by atoms with Crippen LogP contribution in [0.15, 0.2) is 30.3 Å². The standard InChI is InChI=1S/C22H26ClN5OS/c1-15-25-26-20-14-24-21(17-6-2-3-7-19(17)23)18-13-16(30-22(18)28(15)20)5-4-8-27-9-11-29-12-10-27/h2-3,6-7,13,21,24H,4-5,8-12,14H2,1H3. The van der Waals surface area contributed by atoms with Gasteiger partial charge in [-0.1, -0.05) is 29.8 Å². The zero-order valence-electron chi connectivity index (χ0n) is 17.1. The van der Waals surface area contributed by atoms with Crippen LogP contribution in [0.3, 0.4) is 0 Å². The van der Waals surface area contributed by atoms with Crippen molar-refractivity contribution in [3.05, 3.63) is 63.0 Å². The predicted molar refractivity (Wildman–Crippen MR) is 120 cm³/mol. The van der Waals surface area contributed by atoms with Crippen molar-refractivity contribution in [2.24, 2.45) is 0 Å². The lowest BCUT2D eigenvalue weighted by Gasteiger charge is -2.26. The number of rotatable bonds is 5. The highest BCUT2D eigenvalue weighted by molar-refractivity contribution is 7.14. The first-order valence-corrected chi connectivity index (χ1v) is 11.7. The predicted octanol–water partition coefficient (Wildman–Crippen LogP) is 3.75. The number of halogens is 1. The van der Waals surface area contributed by atoms with Crippen LogP contribution in [0.25, 0.3) is 5.00 Å². The van der Waals surface area contributed by atoms with E-state index in [2.05, 4.69) is 43.2 Å². The fourth-order valence-corrected chi connectivity index (χ4v) is 5.88. The first kappa shape index (κ1) is 20.2. The molecule has 3 aromatic rings. The Hall–Kier alpha value is -1.77. The average molecular weight is 444 g/mol. The van der Waals surface area contributed by atoms with Gasteiger partial charge in [-0.25, -0.2) is 0 Å². The molecule has 1 unspecified atom stereocenters. The van der Waals surface area contributed by atoms with Gasteiger partial charge >= 0.3 is 0 Å². The van der Waals surface area contributed by atoms with Crippen LogP contribution in [-0.4, -0.2) is 52.5 Å². The summed E-state index contributed by atoms with van der Waals surface area (Å²) in [6.07, 6.45) is 2.22. The fourth-order valence-electron chi connectivity index (χ4n) is 4.33. The molecule has 0 amide bonds. The van der Waals surface area contributed by atoms with Crippen LogP contribution in [-0.2, 0) is 17.7 Å².